The second kappa shape index (κ2) is 6.76. The number of aromatic amines is 1. The van der Waals surface area contributed by atoms with Gasteiger partial charge in [-0.25, -0.2) is 0 Å². The molecule has 3 heterocycles. The third kappa shape index (κ3) is 3.36. The van der Waals surface area contributed by atoms with Crippen molar-refractivity contribution in [3.05, 3.63) is 34.5 Å². The molecule has 2 aromatic rings. The van der Waals surface area contributed by atoms with Crippen molar-refractivity contribution >= 4 is 5.91 Å². The van der Waals surface area contributed by atoms with Crippen molar-refractivity contribution in [2.45, 2.75) is 40.2 Å². The Hall–Kier alpha value is -2.15. The van der Waals surface area contributed by atoms with E-state index >= 15 is 0 Å². The van der Waals surface area contributed by atoms with Gasteiger partial charge in [-0.2, -0.15) is 5.10 Å². The fourth-order valence-electron chi connectivity index (χ4n) is 2.96. The van der Waals surface area contributed by atoms with Crippen LogP contribution in [0.4, 0.5) is 0 Å². The number of piperazine rings is 1. The first-order valence-corrected chi connectivity index (χ1v) is 8.44. The fourth-order valence-corrected chi connectivity index (χ4v) is 2.96. The summed E-state index contributed by atoms with van der Waals surface area (Å²) in [6.07, 6.45) is 0. The van der Waals surface area contributed by atoms with E-state index in [1.165, 1.54) is 0 Å². The standard InChI is InChI=1S/C17H25N5O2/c1-11(2)15-9-16(19-18-15)17(23)22-7-5-21(6-8-22)10-14-12(3)20-24-13(14)4/h9,11H,5-8,10H2,1-4H3,(H,18,19). The van der Waals surface area contributed by atoms with Crippen molar-refractivity contribution in [3.8, 4) is 0 Å². The van der Waals surface area contributed by atoms with Gasteiger partial charge < -0.3 is 9.42 Å². The first-order valence-electron chi connectivity index (χ1n) is 8.44. The van der Waals surface area contributed by atoms with Crippen LogP contribution >= 0.6 is 0 Å². The van der Waals surface area contributed by atoms with E-state index in [1.54, 1.807) is 0 Å². The van der Waals surface area contributed by atoms with E-state index in [1.807, 2.05) is 24.8 Å². The highest BCUT2D eigenvalue weighted by atomic mass is 16.5. The summed E-state index contributed by atoms with van der Waals surface area (Å²) in [7, 11) is 0. The molecule has 130 valence electrons. The van der Waals surface area contributed by atoms with Crippen LogP contribution in [0.3, 0.4) is 0 Å². The number of amides is 1. The lowest BCUT2D eigenvalue weighted by atomic mass is 10.1. The molecule has 2 aromatic heterocycles. The first-order chi connectivity index (χ1) is 11.5. The number of nitrogens with zero attached hydrogens (tertiary/aromatic N) is 4. The molecule has 7 heteroatoms. The lowest BCUT2D eigenvalue weighted by Gasteiger charge is -2.34. The van der Waals surface area contributed by atoms with Crippen LogP contribution in [0.2, 0.25) is 0 Å². The van der Waals surface area contributed by atoms with Gasteiger partial charge in [0.1, 0.15) is 11.5 Å². The molecule has 7 nitrogen and oxygen atoms in total. The van der Waals surface area contributed by atoms with E-state index in [0.717, 1.165) is 42.3 Å². The summed E-state index contributed by atoms with van der Waals surface area (Å²) in [5.41, 5.74) is 3.61. The number of aryl methyl sites for hydroxylation is 2. The molecule has 0 atom stereocenters. The first kappa shape index (κ1) is 16.7. The number of hydrogen-bond donors (Lipinski definition) is 1. The Balaban J connectivity index is 1.57. The Labute approximate surface area is 142 Å². The lowest BCUT2D eigenvalue weighted by Crippen LogP contribution is -2.48. The molecule has 1 N–H and O–H groups in total. The average molecular weight is 331 g/mol. The van der Waals surface area contributed by atoms with Gasteiger partial charge in [0.15, 0.2) is 0 Å². The lowest BCUT2D eigenvalue weighted by molar-refractivity contribution is 0.0622. The number of nitrogens with one attached hydrogen (secondary N) is 1. The largest absolute Gasteiger partial charge is 0.361 e. The molecule has 1 aliphatic rings. The van der Waals surface area contributed by atoms with Gasteiger partial charge >= 0.3 is 0 Å². The van der Waals surface area contributed by atoms with Crippen molar-refractivity contribution in [3.63, 3.8) is 0 Å². The van der Waals surface area contributed by atoms with E-state index in [-0.39, 0.29) is 5.91 Å². The van der Waals surface area contributed by atoms with Crippen LogP contribution in [0.5, 0.6) is 0 Å². The quantitative estimate of drug-likeness (QED) is 0.928. The number of hydrogen-bond acceptors (Lipinski definition) is 5. The summed E-state index contributed by atoms with van der Waals surface area (Å²) in [5.74, 6) is 1.23. The predicted molar refractivity (Wildman–Crippen MR) is 89.8 cm³/mol. The predicted octanol–water partition coefficient (Wildman–Crippen LogP) is 2.10. The Morgan fingerprint density at radius 2 is 2.00 bits per heavy atom. The van der Waals surface area contributed by atoms with Crippen LogP contribution in [0.1, 0.15) is 53.0 Å². The molecule has 3 rings (SSSR count). The third-order valence-electron chi connectivity index (χ3n) is 4.66. The van der Waals surface area contributed by atoms with Gasteiger partial charge in [-0.1, -0.05) is 19.0 Å². The smallest absolute Gasteiger partial charge is 0.274 e. The molecule has 24 heavy (non-hydrogen) atoms. The molecule has 1 saturated heterocycles. The van der Waals surface area contributed by atoms with Crippen LogP contribution in [-0.4, -0.2) is 57.2 Å². The second-order valence-corrected chi connectivity index (χ2v) is 6.73. The minimum Gasteiger partial charge on any atom is -0.361 e. The number of carbonyl (C=O) groups is 1. The Bertz CT molecular complexity index is 691. The molecule has 0 spiro atoms. The van der Waals surface area contributed by atoms with Gasteiger partial charge in [0.05, 0.1) is 5.69 Å². The topological polar surface area (TPSA) is 78.3 Å². The van der Waals surface area contributed by atoms with Crippen molar-refractivity contribution in [1.82, 2.24) is 25.2 Å². The number of carbonyl (C=O) groups excluding carboxylic acids is 1. The van der Waals surface area contributed by atoms with Crippen LogP contribution in [0, 0.1) is 13.8 Å². The summed E-state index contributed by atoms with van der Waals surface area (Å²) in [4.78, 5) is 16.8. The molecule has 0 saturated carbocycles. The SMILES string of the molecule is Cc1noc(C)c1CN1CCN(C(=O)c2cc(C(C)C)[nH]n2)CC1. The summed E-state index contributed by atoms with van der Waals surface area (Å²) in [6, 6.07) is 1.86. The van der Waals surface area contributed by atoms with Gasteiger partial charge in [0.2, 0.25) is 0 Å². The second-order valence-electron chi connectivity index (χ2n) is 6.73. The van der Waals surface area contributed by atoms with Crippen LogP contribution < -0.4 is 0 Å². The maximum atomic E-state index is 12.6. The molecule has 0 aromatic carbocycles. The molecule has 0 radical (unpaired) electrons. The molecular formula is C17H25N5O2. The zero-order valence-electron chi connectivity index (χ0n) is 14.8. The highest BCUT2D eigenvalue weighted by Crippen LogP contribution is 2.17. The van der Waals surface area contributed by atoms with Crippen LogP contribution in [-0.2, 0) is 6.54 Å². The van der Waals surface area contributed by atoms with Crippen LogP contribution in [0.15, 0.2) is 10.6 Å². The third-order valence-corrected chi connectivity index (χ3v) is 4.66. The van der Waals surface area contributed by atoms with E-state index in [4.69, 9.17) is 4.52 Å². The van der Waals surface area contributed by atoms with E-state index in [2.05, 4.69) is 34.1 Å². The van der Waals surface area contributed by atoms with Gasteiger partial charge in [-0.05, 0) is 25.8 Å². The maximum absolute atomic E-state index is 12.6. The zero-order chi connectivity index (χ0) is 17.3. The van der Waals surface area contributed by atoms with Crippen LogP contribution in [0.25, 0.3) is 0 Å². The number of H-pyrrole nitrogens is 1. The van der Waals surface area contributed by atoms with E-state index in [0.29, 0.717) is 24.7 Å². The van der Waals surface area contributed by atoms with E-state index < -0.39 is 0 Å². The van der Waals surface area contributed by atoms with Gasteiger partial charge in [-0.3, -0.25) is 14.8 Å². The van der Waals surface area contributed by atoms with Crippen molar-refractivity contribution in [1.29, 1.82) is 0 Å². The molecule has 1 fully saturated rings. The summed E-state index contributed by atoms with van der Waals surface area (Å²) < 4.78 is 5.22. The van der Waals surface area contributed by atoms with E-state index in [9.17, 15) is 4.79 Å². The van der Waals surface area contributed by atoms with Crippen molar-refractivity contribution in [2.24, 2.45) is 0 Å². The fraction of sp³-hybridized carbons (Fsp3) is 0.588. The summed E-state index contributed by atoms with van der Waals surface area (Å²) in [5, 5.41) is 11.1. The normalized spacial score (nSPS) is 16.1. The van der Waals surface area contributed by atoms with Gasteiger partial charge in [-0.15, -0.1) is 0 Å². The number of aromatic nitrogens is 3. The summed E-state index contributed by atoms with van der Waals surface area (Å²) in [6.45, 7) is 12.0. The number of rotatable bonds is 4. The molecule has 0 aliphatic carbocycles. The minimum atomic E-state index is 0.00939. The van der Waals surface area contributed by atoms with Gasteiger partial charge in [0, 0.05) is 44.0 Å². The van der Waals surface area contributed by atoms with Gasteiger partial charge in [0.25, 0.3) is 5.91 Å². The molecule has 1 amide bonds. The maximum Gasteiger partial charge on any atom is 0.274 e. The summed E-state index contributed by atoms with van der Waals surface area (Å²) >= 11 is 0. The Morgan fingerprint density at radius 1 is 1.29 bits per heavy atom. The molecular weight excluding hydrogens is 306 g/mol. The minimum absolute atomic E-state index is 0.00939. The highest BCUT2D eigenvalue weighted by Gasteiger charge is 2.25. The van der Waals surface area contributed by atoms with Crippen molar-refractivity contribution in [2.75, 3.05) is 26.2 Å². The Morgan fingerprint density at radius 3 is 2.54 bits per heavy atom. The highest BCUT2D eigenvalue weighted by molar-refractivity contribution is 5.92. The monoisotopic (exact) mass is 331 g/mol. The molecule has 1 aliphatic heterocycles. The average Bonchev–Trinajstić information content (AvgIpc) is 3.18. The van der Waals surface area contributed by atoms with Crippen molar-refractivity contribution < 1.29 is 9.32 Å². The zero-order valence-corrected chi connectivity index (χ0v) is 14.8. The Kier molecular flexibility index (Phi) is 4.71. The molecule has 0 bridgehead atoms. The molecule has 0 unspecified atom stereocenters.